The van der Waals surface area contributed by atoms with Crippen LogP contribution in [0.5, 0.6) is 11.5 Å². The van der Waals surface area contributed by atoms with E-state index in [1.807, 2.05) is 60.4 Å². The first-order chi connectivity index (χ1) is 18.0. The molecule has 3 aromatic rings. The second kappa shape index (κ2) is 11.3. The monoisotopic (exact) mass is 519 g/mol. The number of methoxy groups -OCH3 is 1. The Morgan fingerprint density at radius 1 is 1.08 bits per heavy atom. The van der Waals surface area contributed by atoms with Crippen LogP contribution in [-0.4, -0.2) is 55.1 Å². The van der Waals surface area contributed by atoms with Crippen molar-refractivity contribution in [2.45, 2.75) is 32.2 Å². The van der Waals surface area contributed by atoms with Crippen molar-refractivity contribution in [1.29, 1.82) is 0 Å². The fourth-order valence-corrected chi connectivity index (χ4v) is 5.63. The average Bonchev–Trinajstić information content (AvgIpc) is 3.60. The van der Waals surface area contributed by atoms with Crippen LogP contribution in [0.25, 0.3) is 0 Å². The summed E-state index contributed by atoms with van der Waals surface area (Å²) in [5.41, 5.74) is 2.98. The molecule has 0 radical (unpaired) electrons. The molecule has 1 saturated carbocycles. The highest BCUT2D eigenvalue weighted by Crippen LogP contribution is 2.36. The second-order valence-corrected chi connectivity index (χ2v) is 10.7. The van der Waals surface area contributed by atoms with E-state index in [1.165, 1.54) is 4.88 Å². The lowest BCUT2D eigenvalue weighted by atomic mass is 10.0. The van der Waals surface area contributed by atoms with Crippen molar-refractivity contribution in [3.8, 4) is 11.5 Å². The van der Waals surface area contributed by atoms with Gasteiger partial charge in [-0.15, -0.1) is 11.3 Å². The number of hydrogen-bond donors (Lipinski definition) is 1. The number of rotatable bonds is 9. The molecule has 1 N–H and O–H groups in total. The van der Waals surface area contributed by atoms with E-state index in [1.54, 1.807) is 23.3 Å². The van der Waals surface area contributed by atoms with E-state index in [2.05, 4.69) is 16.8 Å². The van der Waals surface area contributed by atoms with Crippen molar-refractivity contribution in [3.05, 3.63) is 76.0 Å². The molecule has 7 nitrogen and oxygen atoms in total. The third kappa shape index (κ3) is 6.07. The molecule has 3 amide bonds. The number of carbonyl (C=O) groups excluding carboxylic acids is 2. The largest absolute Gasteiger partial charge is 0.493 e. The molecule has 0 saturated heterocycles. The van der Waals surface area contributed by atoms with Gasteiger partial charge in [0.1, 0.15) is 13.2 Å². The molecule has 194 valence electrons. The fraction of sp³-hybridized carbons (Fsp3) is 0.379. The highest BCUT2D eigenvalue weighted by molar-refractivity contribution is 7.10. The number of amides is 3. The maximum Gasteiger partial charge on any atom is 0.322 e. The van der Waals surface area contributed by atoms with E-state index >= 15 is 0 Å². The van der Waals surface area contributed by atoms with Gasteiger partial charge in [0, 0.05) is 23.7 Å². The Balaban J connectivity index is 1.31. The predicted molar refractivity (Wildman–Crippen MR) is 145 cm³/mol. The Kier molecular flexibility index (Phi) is 7.65. The number of nitrogens with zero attached hydrogens (tertiary/aromatic N) is 2. The molecule has 2 heterocycles. The van der Waals surface area contributed by atoms with Crippen molar-refractivity contribution in [2.75, 3.05) is 38.7 Å². The molecule has 37 heavy (non-hydrogen) atoms. The third-order valence-corrected chi connectivity index (χ3v) is 7.97. The number of thiophene rings is 1. The van der Waals surface area contributed by atoms with Crippen LogP contribution in [0, 0.1) is 12.8 Å². The van der Waals surface area contributed by atoms with Gasteiger partial charge in [0.15, 0.2) is 11.5 Å². The van der Waals surface area contributed by atoms with E-state index < -0.39 is 0 Å². The maximum absolute atomic E-state index is 13.7. The minimum Gasteiger partial charge on any atom is -0.493 e. The van der Waals surface area contributed by atoms with Crippen LogP contribution in [0.1, 0.15) is 34.9 Å². The minimum atomic E-state index is -0.237. The normalized spacial score (nSPS) is 16.6. The maximum atomic E-state index is 13.7. The first-order valence-electron chi connectivity index (χ1n) is 12.8. The molecule has 8 heteroatoms. The van der Waals surface area contributed by atoms with Crippen LogP contribution in [0.2, 0.25) is 0 Å². The van der Waals surface area contributed by atoms with E-state index in [4.69, 9.17) is 9.47 Å². The Hall–Kier alpha value is -3.52. The predicted octanol–water partition coefficient (Wildman–Crippen LogP) is 5.51. The molecule has 1 aromatic heterocycles. The molecule has 0 spiro atoms. The van der Waals surface area contributed by atoms with Crippen LogP contribution < -0.4 is 14.8 Å². The highest BCUT2D eigenvalue weighted by Gasteiger charge is 2.35. The van der Waals surface area contributed by atoms with Gasteiger partial charge in [0.05, 0.1) is 13.2 Å². The van der Waals surface area contributed by atoms with Gasteiger partial charge < -0.3 is 24.6 Å². The number of aryl methyl sites for hydroxylation is 1. The van der Waals surface area contributed by atoms with Crippen molar-refractivity contribution in [1.82, 2.24) is 9.80 Å². The molecule has 1 fully saturated rings. The number of benzene rings is 2. The van der Waals surface area contributed by atoms with E-state index in [0.29, 0.717) is 37.1 Å². The van der Waals surface area contributed by atoms with Crippen molar-refractivity contribution < 1.29 is 19.1 Å². The zero-order valence-electron chi connectivity index (χ0n) is 21.3. The lowest BCUT2D eigenvalue weighted by Gasteiger charge is -2.37. The number of nitrogens with one attached hydrogen (secondary N) is 1. The summed E-state index contributed by atoms with van der Waals surface area (Å²) in [6.45, 7) is 3.55. The van der Waals surface area contributed by atoms with Crippen molar-refractivity contribution in [3.63, 3.8) is 0 Å². The van der Waals surface area contributed by atoms with E-state index in [9.17, 15) is 9.59 Å². The number of carbonyl (C=O) groups is 2. The van der Waals surface area contributed by atoms with Gasteiger partial charge in [0.2, 0.25) is 5.91 Å². The molecule has 0 bridgehead atoms. The van der Waals surface area contributed by atoms with Gasteiger partial charge in [0.25, 0.3) is 0 Å². The summed E-state index contributed by atoms with van der Waals surface area (Å²) in [6.07, 6.45) is 3.00. The highest BCUT2D eigenvalue weighted by atomic mass is 32.1. The number of para-hydroxylation sites is 2. The number of hydrogen-bond acceptors (Lipinski definition) is 5. The Morgan fingerprint density at radius 3 is 2.57 bits per heavy atom. The van der Waals surface area contributed by atoms with Crippen LogP contribution in [0.15, 0.2) is 60.0 Å². The summed E-state index contributed by atoms with van der Waals surface area (Å²) >= 11 is 1.72. The summed E-state index contributed by atoms with van der Waals surface area (Å²) in [4.78, 5) is 31.8. The van der Waals surface area contributed by atoms with Gasteiger partial charge in [-0.3, -0.25) is 4.79 Å². The molecule has 0 unspecified atom stereocenters. The van der Waals surface area contributed by atoms with Gasteiger partial charge in [-0.05, 0) is 73.4 Å². The zero-order chi connectivity index (χ0) is 25.8. The van der Waals surface area contributed by atoms with Crippen molar-refractivity contribution >= 4 is 29.0 Å². The van der Waals surface area contributed by atoms with Crippen LogP contribution in [0.4, 0.5) is 10.5 Å². The first kappa shape index (κ1) is 25.1. The van der Waals surface area contributed by atoms with E-state index in [0.717, 1.165) is 36.1 Å². The quantitative estimate of drug-likeness (QED) is 0.405. The van der Waals surface area contributed by atoms with Crippen LogP contribution in [-0.2, 0) is 11.2 Å². The molecule has 2 aliphatic rings. The van der Waals surface area contributed by atoms with Crippen molar-refractivity contribution in [2.24, 2.45) is 5.92 Å². The first-order valence-corrected chi connectivity index (χ1v) is 13.6. The Labute approximate surface area is 222 Å². The summed E-state index contributed by atoms with van der Waals surface area (Å²) in [7, 11) is 1.62. The van der Waals surface area contributed by atoms with Gasteiger partial charge in [-0.25, -0.2) is 4.79 Å². The molecule has 1 aliphatic carbocycles. The summed E-state index contributed by atoms with van der Waals surface area (Å²) in [6, 6.07) is 16.9. The Morgan fingerprint density at radius 2 is 1.84 bits per heavy atom. The lowest BCUT2D eigenvalue weighted by Crippen LogP contribution is -2.49. The summed E-state index contributed by atoms with van der Waals surface area (Å²) in [5, 5.41) is 5.04. The molecule has 1 atom stereocenters. The zero-order valence-corrected chi connectivity index (χ0v) is 22.1. The number of fused-ring (bicyclic) bond motifs is 1. The summed E-state index contributed by atoms with van der Waals surface area (Å²) < 4.78 is 11.6. The fourth-order valence-electron chi connectivity index (χ4n) is 4.71. The molecular formula is C29H33N3O4S. The van der Waals surface area contributed by atoms with Crippen LogP contribution >= 0.6 is 11.3 Å². The molecule has 1 aliphatic heterocycles. The molecule has 2 aromatic carbocycles. The topological polar surface area (TPSA) is 71.1 Å². The third-order valence-electron chi connectivity index (χ3n) is 6.97. The number of ether oxygens (including phenoxy) is 2. The van der Waals surface area contributed by atoms with E-state index in [-0.39, 0.29) is 24.5 Å². The number of urea groups is 1. The molecular weight excluding hydrogens is 486 g/mol. The minimum absolute atomic E-state index is 0.0405. The smallest absolute Gasteiger partial charge is 0.322 e. The number of anilines is 1. The SMILES string of the molecule is COc1ccccc1OC[C@@H]1c2ccsc2CCN1C(=O)CN(CC1CC1)C(=O)Nc1ccc(C)cc1. The second-order valence-electron chi connectivity index (χ2n) is 9.73. The van der Waals surface area contributed by atoms with Gasteiger partial charge in [-0.1, -0.05) is 29.8 Å². The molecule has 5 rings (SSSR count). The standard InChI is InChI=1S/C29H33N3O4S/c1-20-7-11-22(12-8-20)30-29(34)31(17-21-9-10-21)18-28(33)32-15-13-27-23(14-16-37-27)24(32)19-36-26-6-4-3-5-25(26)35-2/h3-8,11-12,14,16,21,24H,9-10,13,15,17-19H2,1-2H3,(H,30,34)/t24-/m1/s1. The Bertz CT molecular complexity index is 1240. The van der Waals surface area contributed by atoms with Crippen LogP contribution in [0.3, 0.4) is 0 Å². The average molecular weight is 520 g/mol. The van der Waals surface area contributed by atoms with Gasteiger partial charge >= 0.3 is 6.03 Å². The summed E-state index contributed by atoms with van der Waals surface area (Å²) in [5.74, 6) is 1.70. The lowest BCUT2D eigenvalue weighted by molar-refractivity contribution is -0.135. The van der Waals surface area contributed by atoms with Gasteiger partial charge in [-0.2, -0.15) is 0 Å².